The van der Waals surface area contributed by atoms with Gasteiger partial charge in [-0.1, -0.05) is 6.07 Å². The fourth-order valence-corrected chi connectivity index (χ4v) is 2.93. The Labute approximate surface area is 120 Å². The van der Waals surface area contributed by atoms with Crippen molar-refractivity contribution < 1.29 is 9.90 Å². The van der Waals surface area contributed by atoms with Crippen LogP contribution in [0.15, 0.2) is 40.4 Å². The molecule has 0 aliphatic rings. The minimum atomic E-state index is -0.499. The number of thiophene rings is 2. The van der Waals surface area contributed by atoms with E-state index in [1.165, 1.54) is 17.4 Å². The Morgan fingerprint density at radius 2 is 2.32 bits per heavy atom. The summed E-state index contributed by atoms with van der Waals surface area (Å²) in [7, 11) is 0. The van der Waals surface area contributed by atoms with Crippen molar-refractivity contribution in [3.8, 4) is 0 Å². The molecule has 19 heavy (non-hydrogen) atoms. The van der Waals surface area contributed by atoms with Crippen LogP contribution in [0.4, 0.5) is 0 Å². The van der Waals surface area contributed by atoms with Crippen LogP contribution in [0.1, 0.15) is 23.0 Å². The summed E-state index contributed by atoms with van der Waals surface area (Å²) in [6, 6.07) is 5.76. The first-order chi connectivity index (χ1) is 9.25. The predicted molar refractivity (Wildman–Crippen MR) is 80.3 cm³/mol. The Hall–Kier alpha value is -1.43. The first-order valence-electron chi connectivity index (χ1n) is 5.95. The van der Waals surface area contributed by atoms with Crippen LogP contribution in [-0.4, -0.2) is 17.6 Å². The lowest BCUT2D eigenvalue weighted by molar-refractivity contribution is -0.116. The van der Waals surface area contributed by atoms with E-state index in [4.69, 9.17) is 0 Å². The van der Waals surface area contributed by atoms with Gasteiger partial charge in [0.15, 0.2) is 0 Å². The fraction of sp³-hybridized carbons (Fsp3) is 0.214. The summed E-state index contributed by atoms with van der Waals surface area (Å²) in [5, 5.41) is 18.5. The SMILES string of the molecule is O=C(/C=C/c1ccsc1)NCC[C@H](O)c1cccs1. The second-order valence-electron chi connectivity index (χ2n) is 4.00. The monoisotopic (exact) mass is 293 g/mol. The van der Waals surface area contributed by atoms with Gasteiger partial charge in [-0.05, 0) is 46.3 Å². The standard InChI is InChI=1S/C14H15NO2S2/c16-12(13-2-1-8-19-13)5-7-15-14(17)4-3-11-6-9-18-10-11/h1-4,6,8-10,12,16H,5,7H2,(H,15,17)/b4-3+/t12-/m0/s1. The van der Waals surface area contributed by atoms with Gasteiger partial charge in [0, 0.05) is 17.5 Å². The molecule has 100 valence electrons. The van der Waals surface area contributed by atoms with Crippen LogP contribution in [-0.2, 0) is 4.79 Å². The van der Waals surface area contributed by atoms with Gasteiger partial charge in [0.2, 0.25) is 5.91 Å². The highest BCUT2D eigenvalue weighted by Crippen LogP contribution is 2.20. The number of aliphatic hydroxyl groups is 1. The van der Waals surface area contributed by atoms with Gasteiger partial charge in [-0.3, -0.25) is 4.79 Å². The van der Waals surface area contributed by atoms with E-state index < -0.39 is 6.10 Å². The molecule has 0 spiro atoms. The molecule has 0 aromatic carbocycles. The van der Waals surface area contributed by atoms with Crippen molar-refractivity contribution in [3.63, 3.8) is 0 Å². The number of rotatable bonds is 6. The number of aliphatic hydroxyl groups excluding tert-OH is 1. The number of hydrogen-bond donors (Lipinski definition) is 2. The zero-order valence-electron chi connectivity index (χ0n) is 10.3. The molecule has 0 aliphatic carbocycles. The summed E-state index contributed by atoms with van der Waals surface area (Å²) in [6.07, 6.45) is 3.32. The van der Waals surface area contributed by atoms with E-state index in [-0.39, 0.29) is 5.91 Å². The molecule has 0 fully saturated rings. The third kappa shape index (κ3) is 4.63. The smallest absolute Gasteiger partial charge is 0.244 e. The average molecular weight is 293 g/mol. The number of carbonyl (C=O) groups is 1. The molecule has 2 aromatic heterocycles. The fourth-order valence-electron chi connectivity index (χ4n) is 1.56. The van der Waals surface area contributed by atoms with Gasteiger partial charge in [-0.15, -0.1) is 11.3 Å². The molecular weight excluding hydrogens is 278 g/mol. The minimum Gasteiger partial charge on any atom is -0.388 e. The molecule has 0 unspecified atom stereocenters. The summed E-state index contributed by atoms with van der Waals surface area (Å²) in [6.45, 7) is 0.464. The van der Waals surface area contributed by atoms with Crippen molar-refractivity contribution >= 4 is 34.7 Å². The first-order valence-corrected chi connectivity index (χ1v) is 7.77. The van der Waals surface area contributed by atoms with Crippen LogP contribution in [0.25, 0.3) is 6.08 Å². The van der Waals surface area contributed by atoms with Gasteiger partial charge in [0.05, 0.1) is 6.10 Å². The molecule has 3 nitrogen and oxygen atoms in total. The van der Waals surface area contributed by atoms with Gasteiger partial charge in [-0.2, -0.15) is 11.3 Å². The predicted octanol–water partition coefficient (Wildman–Crippen LogP) is 3.06. The lowest BCUT2D eigenvalue weighted by Gasteiger charge is -2.08. The normalized spacial score (nSPS) is 12.7. The molecule has 2 N–H and O–H groups in total. The molecule has 5 heteroatoms. The maximum absolute atomic E-state index is 11.5. The van der Waals surface area contributed by atoms with Gasteiger partial charge < -0.3 is 10.4 Å². The van der Waals surface area contributed by atoms with Gasteiger partial charge >= 0.3 is 0 Å². The lowest BCUT2D eigenvalue weighted by Crippen LogP contribution is -2.23. The van der Waals surface area contributed by atoms with E-state index in [2.05, 4.69) is 5.32 Å². The Kier molecular flexibility index (Phi) is 5.32. The highest BCUT2D eigenvalue weighted by atomic mass is 32.1. The van der Waals surface area contributed by atoms with Crippen molar-refractivity contribution in [1.29, 1.82) is 0 Å². The largest absolute Gasteiger partial charge is 0.388 e. The van der Waals surface area contributed by atoms with E-state index in [1.54, 1.807) is 17.4 Å². The van der Waals surface area contributed by atoms with Crippen LogP contribution >= 0.6 is 22.7 Å². The molecule has 0 radical (unpaired) electrons. The van der Waals surface area contributed by atoms with Gasteiger partial charge in [-0.25, -0.2) is 0 Å². The van der Waals surface area contributed by atoms with Crippen molar-refractivity contribution in [2.24, 2.45) is 0 Å². The topological polar surface area (TPSA) is 49.3 Å². The van der Waals surface area contributed by atoms with Crippen molar-refractivity contribution in [3.05, 3.63) is 50.9 Å². The molecule has 0 saturated carbocycles. The molecule has 0 aliphatic heterocycles. The average Bonchev–Trinajstić information content (AvgIpc) is 3.09. The zero-order valence-corrected chi connectivity index (χ0v) is 11.9. The Morgan fingerprint density at radius 3 is 3.00 bits per heavy atom. The van der Waals surface area contributed by atoms with E-state index >= 15 is 0 Å². The molecule has 1 atom stereocenters. The van der Waals surface area contributed by atoms with E-state index in [9.17, 15) is 9.90 Å². The van der Waals surface area contributed by atoms with Crippen molar-refractivity contribution in [1.82, 2.24) is 5.32 Å². The number of carbonyl (C=O) groups excluding carboxylic acids is 1. The summed E-state index contributed by atoms with van der Waals surface area (Å²) < 4.78 is 0. The minimum absolute atomic E-state index is 0.135. The lowest BCUT2D eigenvalue weighted by atomic mass is 10.2. The van der Waals surface area contributed by atoms with E-state index in [0.29, 0.717) is 13.0 Å². The third-order valence-electron chi connectivity index (χ3n) is 2.56. The summed E-state index contributed by atoms with van der Waals surface area (Å²) in [5.74, 6) is -0.135. The second kappa shape index (κ2) is 7.23. The maximum Gasteiger partial charge on any atom is 0.244 e. The second-order valence-corrected chi connectivity index (χ2v) is 5.76. The summed E-state index contributed by atoms with van der Waals surface area (Å²) in [4.78, 5) is 12.5. The maximum atomic E-state index is 11.5. The van der Waals surface area contributed by atoms with Gasteiger partial charge in [0.1, 0.15) is 0 Å². The Bertz CT molecular complexity index is 518. The molecular formula is C14H15NO2S2. The molecule has 2 aromatic rings. The summed E-state index contributed by atoms with van der Waals surface area (Å²) >= 11 is 3.12. The molecule has 0 saturated heterocycles. The van der Waals surface area contributed by atoms with E-state index in [0.717, 1.165) is 10.4 Å². The molecule has 1 amide bonds. The van der Waals surface area contributed by atoms with Crippen LogP contribution < -0.4 is 5.32 Å². The van der Waals surface area contributed by atoms with Crippen molar-refractivity contribution in [2.45, 2.75) is 12.5 Å². The quantitative estimate of drug-likeness (QED) is 0.804. The molecule has 0 bridgehead atoms. The van der Waals surface area contributed by atoms with Crippen LogP contribution in [0, 0.1) is 0 Å². The van der Waals surface area contributed by atoms with Crippen LogP contribution in [0.5, 0.6) is 0 Å². The molecule has 2 rings (SSSR count). The van der Waals surface area contributed by atoms with Crippen LogP contribution in [0.2, 0.25) is 0 Å². The number of hydrogen-bond acceptors (Lipinski definition) is 4. The van der Waals surface area contributed by atoms with E-state index in [1.807, 2.05) is 34.3 Å². The van der Waals surface area contributed by atoms with Gasteiger partial charge in [0.25, 0.3) is 0 Å². The highest BCUT2D eigenvalue weighted by Gasteiger charge is 2.08. The first kappa shape index (κ1) is 14.0. The third-order valence-corrected chi connectivity index (χ3v) is 4.23. The van der Waals surface area contributed by atoms with Crippen LogP contribution in [0.3, 0.4) is 0 Å². The van der Waals surface area contributed by atoms with Crippen molar-refractivity contribution in [2.75, 3.05) is 6.54 Å². The number of nitrogens with one attached hydrogen (secondary N) is 1. The summed E-state index contributed by atoms with van der Waals surface area (Å²) in [5.41, 5.74) is 1.03. The Balaban J connectivity index is 1.69. The highest BCUT2D eigenvalue weighted by molar-refractivity contribution is 7.10. The zero-order chi connectivity index (χ0) is 13.5. The number of amides is 1. The Morgan fingerprint density at radius 1 is 1.42 bits per heavy atom. The molecule has 2 heterocycles.